The van der Waals surface area contributed by atoms with Crippen molar-refractivity contribution in [1.29, 1.82) is 0 Å². The number of likely N-dealkylation sites (tertiary alicyclic amines) is 1. The second-order valence-electron chi connectivity index (χ2n) is 7.72. The number of amides is 2. The molecule has 1 atom stereocenters. The number of aryl methyl sites for hydroxylation is 2. The van der Waals surface area contributed by atoms with Crippen molar-refractivity contribution in [3.05, 3.63) is 54.0 Å². The molecule has 6 nitrogen and oxygen atoms in total. The number of hydrogen-bond acceptors (Lipinski definition) is 4. The van der Waals surface area contributed by atoms with Crippen LogP contribution in [0.1, 0.15) is 30.8 Å². The number of carbonyl (C=O) groups excluding carboxylic acids is 2. The molecule has 2 saturated heterocycles. The monoisotopic (exact) mass is 382 g/mol. The topological polar surface area (TPSA) is 63.0 Å². The van der Waals surface area contributed by atoms with E-state index in [4.69, 9.17) is 9.15 Å². The van der Waals surface area contributed by atoms with Crippen molar-refractivity contribution in [3.63, 3.8) is 0 Å². The Labute approximate surface area is 165 Å². The van der Waals surface area contributed by atoms with E-state index in [0.29, 0.717) is 25.9 Å². The van der Waals surface area contributed by atoms with Crippen molar-refractivity contribution < 1.29 is 18.7 Å². The molecule has 148 valence electrons. The van der Waals surface area contributed by atoms with Crippen molar-refractivity contribution in [3.8, 4) is 0 Å². The van der Waals surface area contributed by atoms with Crippen molar-refractivity contribution in [2.45, 2.75) is 38.2 Å². The Morgan fingerprint density at radius 3 is 2.71 bits per heavy atom. The van der Waals surface area contributed by atoms with Gasteiger partial charge in [0.15, 0.2) is 0 Å². The van der Waals surface area contributed by atoms with E-state index >= 15 is 0 Å². The maximum absolute atomic E-state index is 12.8. The fraction of sp³-hybridized carbons (Fsp3) is 0.455. The average Bonchev–Trinajstić information content (AvgIpc) is 3.14. The first-order valence-corrected chi connectivity index (χ1v) is 9.87. The predicted octanol–water partition coefficient (Wildman–Crippen LogP) is 2.95. The quantitative estimate of drug-likeness (QED) is 0.816. The van der Waals surface area contributed by atoms with Gasteiger partial charge in [0.25, 0.3) is 5.91 Å². The molecular formula is C22H26N2O4. The predicted molar refractivity (Wildman–Crippen MR) is 105 cm³/mol. The minimum Gasteiger partial charge on any atom is -0.466 e. The van der Waals surface area contributed by atoms with Gasteiger partial charge in [-0.3, -0.25) is 9.59 Å². The third-order valence-electron chi connectivity index (χ3n) is 5.59. The van der Waals surface area contributed by atoms with Gasteiger partial charge >= 0.3 is 0 Å². The zero-order chi connectivity index (χ0) is 19.6. The number of piperidine rings is 1. The Balaban J connectivity index is 1.42. The molecule has 2 aromatic rings. The molecule has 2 amide bonds. The number of morpholine rings is 1. The molecule has 2 fully saturated rings. The maximum atomic E-state index is 12.8. The van der Waals surface area contributed by atoms with Crippen LogP contribution in [0, 0.1) is 6.92 Å². The molecule has 1 unspecified atom stereocenters. The molecule has 0 radical (unpaired) electrons. The van der Waals surface area contributed by atoms with Crippen LogP contribution in [-0.4, -0.2) is 48.6 Å². The molecule has 2 aliphatic rings. The van der Waals surface area contributed by atoms with Gasteiger partial charge in [-0.25, -0.2) is 0 Å². The maximum Gasteiger partial charge on any atom is 0.253 e. The molecule has 6 heteroatoms. The number of furan rings is 1. The van der Waals surface area contributed by atoms with E-state index in [1.807, 2.05) is 54.3 Å². The Bertz CT molecular complexity index is 847. The molecule has 1 spiro atoms. The number of anilines is 1. The van der Waals surface area contributed by atoms with E-state index in [0.717, 1.165) is 36.6 Å². The van der Waals surface area contributed by atoms with E-state index in [1.165, 1.54) is 0 Å². The van der Waals surface area contributed by atoms with Gasteiger partial charge in [-0.1, -0.05) is 18.2 Å². The van der Waals surface area contributed by atoms with Gasteiger partial charge < -0.3 is 19.0 Å². The average molecular weight is 382 g/mol. The summed E-state index contributed by atoms with van der Waals surface area (Å²) in [6.45, 7) is 3.71. The highest BCUT2D eigenvalue weighted by Gasteiger charge is 2.44. The number of nitrogens with zero attached hydrogens (tertiary/aromatic N) is 2. The third kappa shape index (κ3) is 3.97. The Morgan fingerprint density at radius 1 is 1.14 bits per heavy atom. The minimum absolute atomic E-state index is 0.0338. The van der Waals surface area contributed by atoms with E-state index in [2.05, 4.69) is 0 Å². The zero-order valence-corrected chi connectivity index (χ0v) is 16.2. The molecule has 2 aliphatic heterocycles. The lowest BCUT2D eigenvalue weighted by molar-refractivity contribution is -0.153. The van der Waals surface area contributed by atoms with E-state index < -0.39 is 5.60 Å². The second kappa shape index (κ2) is 7.80. The van der Waals surface area contributed by atoms with Gasteiger partial charge in [-0.05, 0) is 44.0 Å². The molecule has 4 rings (SSSR count). The fourth-order valence-electron chi connectivity index (χ4n) is 4.12. The first-order valence-electron chi connectivity index (χ1n) is 9.87. The molecular weight excluding hydrogens is 356 g/mol. The molecule has 3 heterocycles. The highest BCUT2D eigenvalue weighted by atomic mass is 16.5. The Kier molecular flexibility index (Phi) is 5.22. The first-order chi connectivity index (χ1) is 13.5. The van der Waals surface area contributed by atoms with Crippen LogP contribution in [-0.2, 0) is 20.7 Å². The Morgan fingerprint density at radius 2 is 1.96 bits per heavy atom. The number of benzene rings is 1. The molecule has 0 bridgehead atoms. The lowest BCUT2D eigenvalue weighted by Gasteiger charge is -2.47. The molecule has 1 aromatic heterocycles. The molecule has 1 aromatic carbocycles. The van der Waals surface area contributed by atoms with Gasteiger partial charge in [0.1, 0.15) is 23.7 Å². The number of ether oxygens (including phenoxy) is 1. The molecule has 28 heavy (non-hydrogen) atoms. The van der Waals surface area contributed by atoms with Crippen LogP contribution in [0.25, 0.3) is 0 Å². The number of rotatable bonds is 4. The molecule has 0 N–H and O–H groups in total. The smallest absolute Gasteiger partial charge is 0.253 e. The largest absolute Gasteiger partial charge is 0.466 e. The van der Waals surface area contributed by atoms with Crippen LogP contribution in [0.4, 0.5) is 5.69 Å². The minimum atomic E-state index is -0.487. The summed E-state index contributed by atoms with van der Waals surface area (Å²) < 4.78 is 11.6. The van der Waals surface area contributed by atoms with Crippen molar-refractivity contribution in [2.75, 3.05) is 31.1 Å². The highest BCUT2D eigenvalue weighted by molar-refractivity contribution is 5.95. The van der Waals surface area contributed by atoms with Gasteiger partial charge in [0.05, 0.1) is 13.1 Å². The normalized spacial score (nSPS) is 22.7. The lowest BCUT2D eigenvalue weighted by Crippen LogP contribution is -2.62. The van der Waals surface area contributed by atoms with Crippen LogP contribution in [0.15, 0.2) is 46.9 Å². The fourth-order valence-corrected chi connectivity index (χ4v) is 4.12. The summed E-state index contributed by atoms with van der Waals surface area (Å²) in [5, 5.41) is 0. The summed E-state index contributed by atoms with van der Waals surface area (Å²) in [5.41, 5.74) is 0.394. The summed E-state index contributed by atoms with van der Waals surface area (Å²) in [4.78, 5) is 28.9. The van der Waals surface area contributed by atoms with Crippen LogP contribution < -0.4 is 4.90 Å². The summed E-state index contributed by atoms with van der Waals surface area (Å²) in [6.07, 6.45) is 2.75. The summed E-state index contributed by atoms with van der Waals surface area (Å²) in [7, 11) is 0. The van der Waals surface area contributed by atoms with Gasteiger partial charge in [-0.2, -0.15) is 0 Å². The summed E-state index contributed by atoms with van der Waals surface area (Å²) in [6, 6.07) is 13.5. The SMILES string of the molecule is Cc1ccc(CCC(=O)N2CCCC3(C2)CN(c2ccccc2)C(=O)CO3)o1. The van der Waals surface area contributed by atoms with Crippen molar-refractivity contribution in [2.24, 2.45) is 0 Å². The third-order valence-corrected chi connectivity index (χ3v) is 5.59. The zero-order valence-electron chi connectivity index (χ0n) is 16.2. The van der Waals surface area contributed by atoms with Gasteiger partial charge in [0.2, 0.25) is 5.91 Å². The standard InChI is InChI=1S/C22H26N2O4/c1-17-8-9-19(28-17)10-11-20(25)23-13-5-12-22(15-23)16-24(21(26)14-27-22)18-6-3-2-4-7-18/h2-4,6-9H,5,10-16H2,1H3. The number of carbonyl (C=O) groups is 2. The van der Waals surface area contributed by atoms with Crippen LogP contribution in [0.2, 0.25) is 0 Å². The van der Waals surface area contributed by atoms with Gasteiger partial charge in [-0.15, -0.1) is 0 Å². The van der Waals surface area contributed by atoms with Crippen molar-refractivity contribution in [1.82, 2.24) is 4.90 Å². The summed E-state index contributed by atoms with van der Waals surface area (Å²) in [5.74, 6) is 1.78. The number of hydrogen-bond donors (Lipinski definition) is 0. The van der Waals surface area contributed by atoms with Crippen LogP contribution in [0.3, 0.4) is 0 Å². The first kappa shape index (κ1) is 18.7. The lowest BCUT2D eigenvalue weighted by atomic mass is 9.90. The molecule has 0 aliphatic carbocycles. The van der Waals surface area contributed by atoms with Crippen LogP contribution >= 0.6 is 0 Å². The second-order valence-corrected chi connectivity index (χ2v) is 7.72. The van der Waals surface area contributed by atoms with E-state index in [1.54, 1.807) is 4.90 Å². The Hall–Kier alpha value is -2.60. The van der Waals surface area contributed by atoms with Gasteiger partial charge in [0, 0.05) is 25.1 Å². The van der Waals surface area contributed by atoms with E-state index in [9.17, 15) is 9.59 Å². The molecule has 0 saturated carbocycles. The van der Waals surface area contributed by atoms with Crippen molar-refractivity contribution >= 4 is 17.5 Å². The summed E-state index contributed by atoms with van der Waals surface area (Å²) >= 11 is 0. The number of para-hydroxylation sites is 1. The highest BCUT2D eigenvalue weighted by Crippen LogP contribution is 2.32. The van der Waals surface area contributed by atoms with Crippen LogP contribution in [0.5, 0.6) is 0 Å². The van der Waals surface area contributed by atoms with E-state index in [-0.39, 0.29) is 18.4 Å².